The summed E-state index contributed by atoms with van der Waals surface area (Å²) in [4.78, 5) is 9.00. The largest absolute Gasteiger partial charge is 1.00 e. The van der Waals surface area contributed by atoms with Crippen LogP contribution in [0.4, 0.5) is 0 Å². The van der Waals surface area contributed by atoms with Crippen LogP contribution in [0.2, 0.25) is 0 Å². The number of benzene rings is 3. The van der Waals surface area contributed by atoms with Crippen LogP contribution < -0.4 is 43.8 Å². The standard InChI is InChI=1S/C31H35O4.C2H4O2.Na/c1-20-15-26(33-14-13-30(4,5)32)16-21(2)29(20)27-8-6-7-24(22(27)3)19-34-25-10-9-23-18-31(11-12-31)35-28(23)17-25;1-2(3)4;/h6-10,15-18,32H,11-14,19H2,1-5H3;1H3,(H,3,4);/q-1;;+1. The van der Waals surface area contributed by atoms with Crippen LogP contribution in [0.25, 0.3) is 11.1 Å². The molecule has 2 aliphatic rings. The summed E-state index contributed by atoms with van der Waals surface area (Å²) < 4.78 is 18.2. The molecule has 1 saturated carbocycles. The summed E-state index contributed by atoms with van der Waals surface area (Å²) in [5.41, 5.74) is 7.59. The van der Waals surface area contributed by atoms with Crippen molar-refractivity contribution in [3.8, 4) is 28.4 Å². The molecule has 1 fully saturated rings. The topological polar surface area (TPSA) is 85.2 Å². The van der Waals surface area contributed by atoms with Crippen LogP contribution in [0.3, 0.4) is 0 Å². The molecule has 1 aliphatic carbocycles. The Balaban J connectivity index is 0.000000828. The summed E-state index contributed by atoms with van der Waals surface area (Å²) in [5.74, 6) is 1.77. The fourth-order valence-electron chi connectivity index (χ4n) is 4.84. The summed E-state index contributed by atoms with van der Waals surface area (Å²) in [6, 6.07) is 16.7. The average Bonchev–Trinajstić information content (AvgIpc) is 3.47. The SMILES string of the molecule is CC(=O)O.Cc1cc(OCCC(C)(C)O)cc(C)c1-c1cccc(COc2ccc3c(c2)OC2([CH-]3)CC2)c1C.[Na+]. The minimum Gasteiger partial charge on any atom is -0.552 e. The van der Waals surface area contributed by atoms with Crippen molar-refractivity contribution in [1.82, 2.24) is 0 Å². The maximum absolute atomic E-state index is 9.94. The average molecular weight is 555 g/mol. The number of carbonyl (C=O) groups is 1. The fraction of sp³-hybridized carbons (Fsp3) is 0.394. The van der Waals surface area contributed by atoms with Gasteiger partial charge in [-0.3, -0.25) is 4.79 Å². The van der Waals surface area contributed by atoms with Crippen molar-refractivity contribution in [1.29, 1.82) is 0 Å². The van der Waals surface area contributed by atoms with Gasteiger partial charge in [-0.15, -0.1) is 12.0 Å². The Morgan fingerprint density at radius 1 is 1.02 bits per heavy atom. The Morgan fingerprint density at radius 2 is 1.68 bits per heavy atom. The first-order valence-corrected chi connectivity index (χ1v) is 13.4. The van der Waals surface area contributed by atoms with Crippen LogP contribution in [0, 0.1) is 27.2 Å². The second-order valence-electron chi connectivity index (χ2n) is 11.3. The molecule has 1 spiro atoms. The molecule has 0 saturated heterocycles. The van der Waals surface area contributed by atoms with E-state index in [1.807, 2.05) is 12.1 Å². The molecule has 3 aromatic rings. The number of hydrogen-bond acceptors (Lipinski definition) is 5. The van der Waals surface area contributed by atoms with Gasteiger partial charge in [0.25, 0.3) is 5.97 Å². The van der Waals surface area contributed by atoms with E-state index in [0.29, 0.717) is 19.6 Å². The smallest absolute Gasteiger partial charge is 0.552 e. The number of rotatable bonds is 8. The van der Waals surface area contributed by atoms with Crippen LogP contribution in [0.15, 0.2) is 48.5 Å². The molecule has 1 heterocycles. The number of ether oxygens (including phenoxy) is 3. The van der Waals surface area contributed by atoms with E-state index in [2.05, 4.69) is 63.6 Å². The van der Waals surface area contributed by atoms with Crippen LogP contribution in [0.1, 0.15) is 67.9 Å². The van der Waals surface area contributed by atoms with E-state index >= 15 is 0 Å². The third kappa shape index (κ3) is 8.20. The third-order valence-corrected chi connectivity index (χ3v) is 7.06. The molecule has 3 aromatic carbocycles. The predicted octanol–water partition coefficient (Wildman–Crippen LogP) is 3.97. The Bertz CT molecular complexity index is 1330. The number of hydrogen-bond donors (Lipinski definition) is 2. The third-order valence-electron chi connectivity index (χ3n) is 7.06. The second kappa shape index (κ2) is 12.9. The van der Waals surface area contributed by atoms with E-state index in [-0.39, 0.29) is 35.2 Å². The van der Waals surface area contributed by atoms with Crippen molar-refractivity contribution >= 4 is 5.97 Å². The van der Waals surface area contributed by atoms with Crippen molar-refractivity contribution in [2.75, 3.05) is 6.61 Å². The molecule has 0 radical (unpaired) electrons. The van der Waals surface area contributed by atoms with E-state index in [1.165, 1.54) is 38.9 Å². The van der Waals surface area contributed by atoms with E-state index in [0.717, 1.165) is 37.0 Å². The fourth-order valence-corrected chi connectivity index (χ4v) is 4.84. The molecule has 0 unspecified atom stereocenters. The van der Waals surface area contributed by atoms with E-state index < -0.39 is 11.6 Å². The van der Waals surface area contributed by atoms with Gasteiger partial charge in [-0.1, -0.05) is 24.3 Å². The molecule has 6 nitrogen and oxygen atoms in total. The number of fused-ring (bicyclic) bond motifs is 1. The summed E-state index contributed by atoms with van der Waals surface area (Å²) in [6.07, 6.45) is 5.05. The summed E-state index contributed by atoms with van der Waals surface area (Å²) >= 11 is 0. The molecule has 0 atom stereocenters. The molecule has 5 rings (SSSR count). The number of aliphatic hydroxyl groups is 1. The number of aliphatic carboxylic acids is 1. The zero-order chi connectivity index (χ0) is 28.4. The van der Waals surface area contributed by atoms with Gasteiger partial charge in [0.1, 0.15) is 12.4 Å². The first-order chi connectivity index (χ1) is 18.4. The van der Waals surface area contributed by atoms with Crippen LogP contribution >= 0.6 is 0 Å². The van der Waals surface area contributed by atoms with E-state index in [1.54, 1.807) is 13.8 Å². The van der Waals surface area contributed by atoms with Crippen molar-refractivity contribution in [3.05, 3.63) is 82.8 Å². The minimum absolute atomic E-state index is 0. The quantitative estimate of drug-likeness (QED) is 0.324. The molecule has 208 valence electrons. The first kappa shape index (κ1) is 31.9. The number of carboxylic acids is 1. The van der Waals surface area contributed by atoms with Gasteiger partial charge in [-0.2, -0.15) is 6.07 Å². The molecule has 0 bridgehead atoms. The summed E-state index contributed by atoms with van der Waals surface area (Å²) in [7, 11) is 0. The molecule has 1 aliphatic heterocycles. The zero-order valence-electron chi connectivity index (χ0n) is 24.8. The maximum Gasteiger partial charge on any atom is 1.00 e. The van der Waals surface area contributed by atoms with Gasteiger partial charge in [-0.05, 0) is 99.0 Å². The number of aryl methyl sites for hydroxylation is 2. The second-order valence-corrected chi connectivity index (χ2v) is 11.3. The Hall–Kier alpha value is -2.64. The van der Waals surface area contributed by atoms with Gasteiger partial charge in [-0.25, -0.2) is 0 Å². The van der Waals surface area contributed by atoms with Crippen molar-refractivity contribution in [2.45, 2.75) is 78.6 Å². The maximum atomic E-state index is 9.94. The van der Waals surface area contributed by atoms with Crippen LogP contribution in [-0.4, -0.2) is 34.0 Å². The van der Waals surface area contributed by atoms with Gasteiger partial charge < -0.3 is 24.4 Å². The van der Waals surface area contributed by atoms with Gasteiger partial charge in [0, 0.05) is 19.1 Å². The summed E-state index contributed by atoms with van der Waals surface area (Å²) in [5, 5.41) is 17.4. The predicted molar refractivity (Wildman–Crippen MR) is 153 cm³/mol. The molecule has 2 N–H and O–H groups in total. The molecule has 40 heavy (non-hydrogen) atoms. The first-order valence-electron chi connectivity index (χ1n) is 13.4. The summed E-state index contributed by atoms with van der Waals surface area (Å²) in [6.45, 7) is 12.1. The van der Waals surface area contributed by atoms with Gasteiger partial charge in [0.05, 0.1) is 23.6 Å². The van der Waals surface area contributed by atoms with Crippen LogP contribution in [-0.2, 0) is 11.4 Å². The molecular formula is C33H39NaO6. The van der Waals surface area contributed by atoms with Crippen molar-refractivity contribution in [2.24, 2.45) is 0 Å². The Morgan fingerprint density at radius 3 is 2.27 bits per heavy atom. The molecular weight excluding hydrogens is 515 g/mol. The Kier molecular flexibility index (Phi) is 10.3. The van der Waals surface area contributed by atoms with Gasteiger partial charge in [0.15, 0.2) is 0 Å². The monoisotopic (exact) mass is 554 g/mol. The molecule has 0 amide bonds. The number of carboxylic acid groups (broad SMARTS) is 1. The zero-order valence-corrected chi connectivity index (χ0v) is 26.8. The van der Waals surface area contributed by atoms with Crippen molar-refractivity contribution < 1.29 is 58.8 Å². The molecule has 7 heteroatoms. The molecule has 0 aromatic heterocycles. The normalized spacial score (nSPS) is 14.1. The Labute approximate surface area is 260 Å². The van der Waals surface area contributed by atoms with Gasteiger partial charge >= 0.3 is 29.6 Å². The van der Waals surface area contributed by atoms with E-state index in [4.69, 9.17) is 24.1 Å². The van der Waals surface area contributed by atoms with Crippen LogP contribution in [0.5, 0.6) is 17.2 Å². The van der Waals surface area contributed by atoms with Crippen molar-refractivity contribution in [3.63, 3.8) is 0 Å². The minimum atomic E-state index is -0.833. The van der Waals surface area contributed by atoms with E-state index in [9.17, 15) is 5.11 Å². The van der Waals surface area contributed by atoms with Gasteiger partial charge in [0.2, 0.25) is 0 Å².